The molecular formula is C14H32N3P. The van der Waals surface area contributed by atoms with Crippen LogP contribution in [0, 0.1) is 5.41 Å². The Kier molecular flexibility index (Phi) is 7.08. The zero-order valence-electron chi connectivity index (χ0n) is 13.0. The van der Waals surface area contributed by atoms with Crippen molar-refractivity contribution < 1.29 is 0 Å². The first-order valence-electron chi connectivity index (χ1n) is 7.31. The molecule has 1 rings (SSSR count). The minimum Gasteiger partial charge on any atom is -0.301 e. The maximum atomic E-state index is 2.65. The summed E-state index contributed by atoms with van der Waals surface area (Å²) in [6, 6.07) is 0. The Morgan fingerprint density at radius 3 is 1.89 bits per heavy atom. The zero-order valence-corrected chi connectivity index (χ0v) is 14.0. The van der Waals surface area contributed by atoms with Crippen molar-refractivity contribution in [3.63, 3.8) is 0 Å². The molecule has 1 aliphatic rings. The van der Waals surface area contributed by atoms with Crippen molar-refractivity contribution in [1.82, 2.24) is 14.5 Å². The molecule has 0 radical (unpaired) electrons. The van der Waals surface area contributed by atoms with Crippen molar-refractivity contribution in [3.8, 4) is 0 Å². The van der Waals surface area contributed by atoms with Crippen molar-refractivity contribution in [3.05, 3.63) is 0 Å². The van der Waals surface area contributed by atoms with Crippen LogP contribution in [0.3, 0.4) is 0 Å². The second-order valence-corrected chi connectivity index (χ2v) is 7.56. The highest BCUT2D eigenvalue weighted by Gasteiger charge is 2.19. The molecule has 3 nitrogen and oxygen atoms in total. The third kappa shape index (κ3) is 6.47. The molecule has 0 saturated carbocycles. The van der Waals surface area contributed by atoms with Crippen molar-refractivity contribution in [2.45, 2.75) is 27.7 Å². The van der Waals surface area contributed by atoms with E-state index in [1.165, 1.54) is 52.4 Å². The van der Waals surface area contributed by atoms with Crippen molar-refractivity contribution in [2.24, 2.45) is 5.41 Å². The lowest BCUT2D eigenvalue weighted by atomic mass is 9.96. The molecule has 0 aromatic rings. The minimum absolute atomic E-state index is 0.407. The van der Waals surface area contributed by atoms with Crippen LogP contribution in [-0.2, 0) is 0 Å². The van der Waals surface area contributed by atoms with Gasteiger partial charge in [-0.1, -0.05) is 36.4 Å². The third-order valence-electron chi connectivity index (χ3n) is 3.57. The van der Waals surface area contributed by atoms with E-state index in [4.69, 9.17) is 0 Å². The Balaban J connectivity index is 2.57. The van der Waals surface area contributed by atoms with Gasteiger partial charge in [-0.3, -0.25) is 4.67 Å². The van der Waals surface area contributed by atoms with Gasteiger partial charge in [-0.05, 0) is 18.6 Å². The summed E-state index contributed by atoms with van der Waals surface area (Å²) in [5, 5.41) is 0. The van der Waals surface area contributed by atoms with E-state index in [2.05, 4.69) is 48.8 Å². The predicted octanol–water partition coefficient (Wildman–Crippen LogP) is 2.20. The molecule has 1 atom stereocenters. The van der Waals surface area contributed by atoms with E-state index in [1.807, 2.05) is 0 Å². The monoisotopic (exact) mass is 273 g/mol. The average Bonchev–Trinajstić information content (AvgIpc) is 2.38. The SMILES string of the molecule is CCN1CCN(CC(C)(C)C)CCN(PC)CC1. The summed E-state index contributed by atoms with van der Waals surface area (Å²) in [4.78, 5) is 5.25. The highest BCUT2D eigenvalue weighted by Crippen LogP contribution is 2.17. The molecule has 0 aromatic carbocycles. The molecule has 1 saturated heterocycles. The summed E-state index contributed by atoms with van der Waals surface area (Å²) in [7, 11) is 0.945. The van der Waals surface area contributed by atoms with Crippen LogP contribution in [-0.4, -0.2) is 73.5 Å². The molecule has 1 aliphatic heterocycles. The topological polar surface area (TPSA) is 9.72 Å². The summed E-state index contributed by atoms with van der Waals surface area (Å²) in [5.41, 5.74) is 0.407. The zero-order chi connectivity index (χ0) is 13.6. The van der Waals surface area contributed by atoms with Gasteiger partial charge >= 0.3 is 0 Å². The maximum Gasteiger partial charge on any atom is 0.0147 e. The quantitative estimate of drug-likeness (QED) is 0.730. The van der Waals surface area contributed by atoms with Gasteiger partial charge in [0.05, 0.1) is 0 Å². The third-order valence-corrected chi connectivity index (χ3v) is 4.65. The van der Waals surface area contributed by atoms with Crippen LogP contribution in [0.15, 0.2) is 0 Å². The minimum atomic E-state index is 0.407. The fourth-order valence-corrected chi connectivity index (χ4v) is 3.16. The molecule has 0 N–H and O–H groups in total. The Morgan fingerprint density at radius 2 is 1.39 bits per heavy atom. The smallest absolute Gasteiger partial charge is 0.0147 e. The van der Waals surface area contributed by atoms with Crippen LogP contribution in [0.1, 0.15) is 27.7 Å². The van der Waals surface area contributed by atoms with Crippen LogP contribution in [0.4, 0.5) is 0 Å². The van der Waals surface area contributed by atoms with Gasteiger partial charge in [0.1, 0.15) is 0 Å². The summed E-state index contributed by atoms with van der Waals surface area (Å²) in [6.45, 7) is 21.4. The normalized spacial score (nSPS) is 23.2. The van der Waals surface area contributed by atoms with Crippen LogP contribution in [0.5, 0.6) is 0 Å². The van der Waals surface area contributed by atoms with E-state index >= 15 is 0 Å². The molecule has 18 heavy (non-hydrogen) atoms. The highest BCUT2D eigenvalue weighted by molar-refractivity contribution is 7.34. The molecule has 0 amide bonds. The van der Waals surface area contributed by atoms with E-state index in [-0.39, 0.29) is 0 Å². The van der Waals surface area contributed by atoms with Crippen molar-refractivity contribution in [1.29, 1.82) is 0 Å². The highest BCUT2D eigenvalue weighted by atomic mass is 31.1. The number of hydrogen-bond acceptors (Lipinski definition) is 3. The predicted molar refractivity (Wildman–Crippen MR) is 83.8 cm³/mol. The van der Waals surface area contributed by atoms with Crippen LogP contribution in [0.25, 0.3) is 0 Å². The summed E-state index contributed by atoms with van der Waals surface area (Å²) >= 11 is 0. The van der Waals surface area contributed by atoms with E-state index < -0.39 is 0 Å². The van der Waals surface area contributed by atoms with E-state index in [0.717, 1.165) is 8.73 Å². The van der Waals surface area contributed by atoms with Gasteiger partial charge in [0.15, 0.2) is 0 Å². The molecule has 0 aliphatic carbocycles. The fraction of sp³-hybridized carbons (Fsp3) is 1.00. The molecule has 0 aromatic heterocycles. The molecule has 4 heteroatoms. The van der Waals surface area contributed by atoms with Gasteiger partial charge in [0, 0.05) is 45.8 Å². The van der Waals surface area contributed by atoms with E-state index in [0.29, 0.717) is 5.41 Å². The summed E-state index contributed by atoms with van der Waals surface area (Å²) in [6.07, 6.45) is 0. The van der Waals surface area contributed by atoms with Crippen molar-refractivity contribution in [2.75, 3.05) is 59.0 Å². The second-order valence-electron chi connectivity index (χ2n) is 6.48. The maximum absolute atomic E-state index is 2.65. The Bertz CT molecular complexity index is 212. The standard InChI is InChI=1S/C14H32N3P/c1-6-15-7-8-16(13-14(2,3)4)10-12-17(18-5)11-9-15/h18H,6-13H2,1-5H3. The van der Waals surface area contributed by atoms with Gasteiger partial charge in [-0.15, -0.1) is 0 Å². The first-order valence-corrected chi connectivity index (χ1v) is 8.76. The Labute approximate surface area is 116 Å². The molecule has 1 heterocycles. The van der Waals surface area contributed by atoms with Crippen LogP contribution < -0.4 is 0 Å². The lowest BCUT2D eigenvalue weighted by Gasteiger charge is -2.31. The van der Waals surface area contributed by atoms with Gasteiger partial charge in [-0.2, -0.15) is 0 Å². The van der Waals surface area contributed by atoms with Gasteiger partial charge in [0.2, 0.25) is 0 Å². The van der Waals surface area contributed by atoms with Gasteiger partial charge in [-0.25, -0.2) is 0 Å². The van der Waals surface area contributed by atoms with Gasteiger partial charge < -0.3 is 9.80 Å². The lowest BCUT2D eigenvalue weighted by molar-refractivity contribution is 0.172. The van der Waals surface area contributed by atoms with Crippen molar-refractivity contribution >= 4 is 8.73 Å². The van der Waals surface area contributed by atoms with Gasteiger partial charge in [0.25, 0.3) is 0 Å². The number of nitrogens with zero attached hydrogens (tertiary/aromatic N) is 3. The first-order chi connectivity index (χ1) is 8.44. The Hall–Kier alpha value is 0.310. The molecule has 0 spiro atoms. The number of hydrogen-bond donors (Lipinski definition) is 0. The largest absolute Gasteiger partial charge is 0.301 e. The number of likely N-dealkylation sites (N-methyl/N-ethyl adjacent to an activating group) is 1. The molecule has 1 unspecified atom stereocenters. The summed E-state index contributed by atoms with van der Waals surface area (Å²) in [5.74, 6) is 0. The Morgan fingerprint density at radius 1 is 0.889 bits per heavy atom. The molecule has 1 fully saturated rings. The average molecular weight is 273 g/mol. The first kappa shape index (κ1) is 16.4. The molecule has 0 bridgehead atoms. The fourth-order valence-electron chi connectivity index (χ4n) is 2.51. The summed E-state index contributed by atoms with van der Waals surface area (Å²) < 4.78 is 2.61. The van der Waals surface area contributed by atoms with Crippen LogP contribution in [0.2, 0.25) is 0 Å². The van der Waals surface area contributed by atoms with Crippen LogP contribution >= 0.6 is 8.73 Å². The number of rotatable bonds is 3. The van der Waals surface area contributed by atoms with E-state index in [1.54, 1.807) is 0 Å². The molecule has 108 valence electrons. The van der Waals surface area contributed by atoms with E-state index in [9.17, 15) is 0 Å². The lowest BCUT2D eigenvalue weighted by Crippen LogP contribution is -2.40. The second kappa shape index (κ2) is 7.79. The molecular weight excluding hydrogens is 241 g/mol.